The first-order valence-corrected chi connectivity index (χ1v) is 4.20. The van der Waals surface area contributed by atoms with E-state index in [2.05, 4.69) is 11.9 Å². The summed E-state index contributed by atoms with van der Waals surface area (Å²) in [7, 11) is 0. The summed E-state index contributed by atoms with van der Waals surface area (Å²) < 4.78 is 1.96. The molecule has 3 heteroatoms. The van der Waals surface area contributed by atoms with Gasteiger partial charge in [-0.15, -0.1) is 0 Å². The topological polar surface area (TPSA) is 34.9 Å². The number of aryl methyl sites for hydroxylation is 1. The Bertz CT molecular complexity index is 289. The summed E-state index contributed by atoms with van der Waals surface area (Å²) >= 11 is 0. The first-order chi connectivity index (χ1) is 5.66. The number of rotatable bonds is 3. The highest BCUT2D eigenvalue weighted by Crippen LogP contribution is 2.06. The lowest BCUT2D eigenvalue weighted by Gasteiger charge is -2.05. The Morgan fingerprint density at radius 2 is 2.33 bits per heavy atom. The van der Waals surface area contributed by atoms with Crippen molar-refractivity contribution in [3.63, 3.8) is 0 Å². The standard InChI is InChI=1S/C9H14N2O/c1-4-5-11-8(3)10-6-9(11)7(2)12/h6H,4-5H2,1-3H3. The van der Waals surface area contributed by atoms with E-state index in [1.807, 2.05) is 11.5 Å². The van der Waals surface area contributed by atoms with Crippen LogP contribution in [0.25, 0.3) is 0 Å². The second kappa shape index (κ2) is 3.52. The number of Topliss-reactive ketones (excluding diaryl/α,β-unsaturated/α-hetero) is 1. The molecule has 0 N–H and O–H groups in total. The van der Waals surface area contributed by atoms with Gasteiger partial charge >= 0.3 is 0 Å². The number of hydrogen-bond acceptors (Lipinski definition) is 2. The van der Waals surface area contributed by atoms with Gasteiger partial charge in [-0.1, -0.05) is 6.92 Å². The van der Waals surface area contributed by atoms with Gasteiger partial charge < -0.3 is 4.57 Å². The van der Waals surface area contributed by atoms with Crippen LogP contribution in [0.15, 0.2) is 6.20 Å². The third kappa shape index (κ3) is 1.55. The van der Waals surface area contributed by atoms with Gasteiger partial charge in [0.15, 0.2) is 5.78 Å². The summed E-state index contributed by atoms with van der Waals surface area (Å²) in [5.74, 6) is 1.01. The molecule has 0 unspecified atom stereocenters. The highest BCUT2D eigenvalue weighted by molar-refractivity contribution is 5.92. The van der Waals surface area contributed by atoms with E-state index in [0.29, 0.717) is 5.69 Å². The molecule has 0 fully saturated rings. The van der Waals surface area contributed by atoms with E-state index in [0.717, 1.165) is 18.8 Å². The minimum atomic E-state index is 0.0871. The van der Waals surface area contributed by atoms with Gasteiger partial charge in [0.2, 0.25) is 0 Å². The van der Waals surface area contributed by atoms with E-state index in [-0.39, 0.29) is 5.78 Å². The van der Waals surface area contributed by atoms with Crippen molar-refractivity contribution < 1.29 is 4.79 Å². The Morgan fingerprint density at radius 3 is 2.83 bits per heavy atom. The largest absolute Gasteiger partial charge is 0.326 e. The normalized spacial score (nSPS) is 10.2. The van der Waals surface area contributed by atoms with Crippen LogP contribution in [0.2, 0.25) is 0 Å². The van der Waals surface area contributed by atoms with Crippen molar-refractivity contribution in [2.75, 3.05) is 0 Å². The van der Waals surface area contributed by atoms with Crippen LogP contribution >= 0.6 is 0 Å². The Balaban J connectivity index is 3.03. The molecule has 0 radical (unpaired) electrons. The van der Waals surface area contributed by atoms with Crippen LogP contribution in [-0.4, -0.2) is 15.3 Å². The summed E-state index contributed by atoms with van der Waals surface area (Å²) in [5.41, 5.74) is 0.717. The lowest BCUT2D eigenvalue weighted by atomic mass is 10.3. The molecule has 0 spiro atoms. The maximum absolute atomic E-state index is 11.1. The van der Waals surface area contributed by atoms with Gasteiger partial charge in [-0.05, 0) is 13.3 Å². The first-order valence-electron chi connectivity index (χ1n) is 4.20. The quantitative estimate of drug-likeness (QED) is 0.642. The number of hydrogen-bond donors (Lipinski definition) is 0. The molecule has 0 aliphatic carbocycles. The highest BCUT2D eigenvalue weighted by atomic mass is 16.1. The number of carbonyl (C=O) groups is 1. The molecular formula is C9H14N2O. The molecule has 3 nitrogen and oxygen atoms in total. The Hall–Kier alpha value is -1.12. The van der Waals surface area contributed by atoms with Crippen LogP contribution in [-0.2, 0) is 6.54 Å². The monoisotopic (exact) mass is 166 g/mol. The summed E-state index contributed by atoms with van der Waals surface area (Å²) in [4.78, 5) is 15.2. The number of carbonyl (C=O) groups excluding carboxylic acids is 1. The average molecular weight is 166 g/mol. The molecule has 1 heterocycles. The fraction of sp³-hybridized carbons (Fsp3) is 0.556. The van der Waals surface area contributed by atoms with Crippen LogP contribution in [0, 0.1) is 6.92 Å². The maximum Gasteiger partial charge on any atom is 0.177 e. The van der Waals surface area contributed by atoms with Crippen LogP contribution in [0.4, 0.5) is 0 Å². The van der Waals surface area contributed by atoms with E-state index in [9.17, 15) is 4.79 Å². The Morgan fingerprint density at radius 1 is 1.67 bits per heavy atom. The van der Waals surface area contributed by atoms with Gasteiger partial charge in [-0.3, -0.25) is 4.79 Å². The summed E-state index contributed by atoms with van der Waals surface area (Å²) in [6.45, 7) is 6.45. The molecule has 1 aromatic rings. The van der Waals surface area contributed by atoms with Gasteiger partial charge in [0, 0.05) is 13.5 Å². The second-order valence-electron chi connectivity index (χ2n) is 2.90. The van der Waals surface area contributed by atoms with Gasteiger partial charge in [0.05, 0.1) is 6.20 Å². The van der Waals surface area contributed by atoms with Gasteiger partial charge in [-0.25, -0.2) is 4.98 Å². The van der Waals surface area contributed by atoms with Crippen molar-refractivity contribution in [1.82, 2.24) is 9.55 Å². The predicted molar refractivity (Wildman–Crippen MR) is 47.3 cm³/mol. The van der Waals surface area contributed by atoms with E-state index < -0.39 is 0 Å². The molecular weight excluding hydrogens is 152 g/mol. The molecule has 0 saturated carbocycles. The molecule has 0 bridgehead atoms. The van der Waals surface area contributed by atoms with Crippen LogP contribution < -0.4 is 0 Å². The van der Waals surface area contributed by atoms with E-state index in [1.54, 1.807) is 13.1 Å². The zero-order valence-corrected chi connectivity index (χ0v) is 7.79. The lowest BCUT2D eigenvalue weighted by Crippen LogP contribution is -2.07. The minimum absolute atomic E-state index is 0.0871. The Kier molecular flexibility index (Phi) is 2.63. The average Bonchev–Trinajstić information content (AvgIpc) is 2.34. The fourth-order valence-corrected chi connectivity index (χ4v) is 1.26. The smallest absolute Gasteiger partial charge is 0.177 e. The van der Waals surface area contributed by atoms with Gasteiger partial charge in [-0.2, -0.15) is 0 Å². The molecule has 0 saturated heterocycles. The van der Waals surface area contributed by atoms with Gasteiger partial charge in [0.25, 0.3) is 0 Å². The summed E-state index contributed by atoms with van der Waals surface area (Å²) in [6, 6.07) is 0. The summed E-state index contributed by atoms with van der Waals surface area (Å²) in [6.07, 6.45) is 2.67. The Labute approximate surface area is 72.4 Å². The highest BCUT2D eigenvalue weighted by Gasteiger charge is 2.08. The third-order valence-corrected chi connectivity index (χ3v) is 1.86. The van der Waals surface area contributed by atoms with Crippen LogP contribution in [0.1, 0.15) is 36.6 Å². The number of aromatic nitrogens is 2. The minimum Gasteiger partial charge on any atom is -0.326 e. The van der Waals surface area contributed by atoms with Crippen LogP contribution in [0.5, 0.6) is 0 Å². The van der Waals surface area contributed by atoms with Crippen molar-refractivity contribution in [1.29, 1.82) is 0 Å². The molecule has 12 heavy (non-hydrogen) atoms. The number of nitrogens with zero attached hydrogens (tertiary/aromatic N) is 2. The fourth-order valence-electron chi connectivity index (χ4n) is 1.26. The molecule has 1 rings (SSSR count). The maximum atomic E-state index is 11.1. The molecule has 1 aromatic heterocycles. The molecule has 0 aliphatic rings. The van der Waals surface area contributed by atoms with E-state index in [4.69, 9.17) is 0 Å². The zero-order chi connectivity index (χ0) is 9.14. The number of imidazole rings is 1. The van der Waals surface area contributed by atoms with Crippen molar-refractivity contribution in [3.8, 4) is 0 Å². The molecule has 0 atom stereocenters. The molecule has 0 amide bonds. The number of ketones is 1. The molecule has 0 aromatic carbocycles. The van der Waals surface area contributed by atoms with Gasteiger partial charge in [0.1, 0.15) is 11.5 Å². The van der Waals surface area contributed by atoms with Crippen molar-refractivity contribution in [2.24, 2.45) is 0 Å². The van der Waals surface area contributed by atoms with Crippen LogP contribution in [0.3, 0.4) is 0 Å². The second-order valence-corrected chi connectivity index (χ2v) is 2.90. The predicted octanol–water partition coefficient (Wildman–Crippen LogP) is 1.80. The lowest BCUT2D eigenvalue weighted by molar-refractivity contribution is 0.100. The van der Waals surface area contributed by atoms with E-state index >= 15 is 0 Å². The van der Waals surface area contributed by atoms with Crippen molar-refractivity contribution in [3.05, 3.63) is 17.7 Å². The SMILES string of the molecule is CCCn1c(C(C)=O)cnc1C. The van der Waals surface area contributed by atoms with E-state index in [1.165, 1.54) is 0 Å². The zero-order valence-electron chi connectivity index (χ0n) is 7.79. The molecule has 0 aliphatic heterocycles. The third-order valence-electron chi connectivity index (χ3n) is 1.86. The summed E-state index contributed by atoms with van der Waals surface area (Å²) in [5, 5.41) is 0. The van der Waals surface area contributed by atoms with Crippen molar-refractivity contribution in [2.45, 2.75) is 33.7 Å². The first kappa shape index (κ1) is 8.97. The molecule has 66 valence electrons. The van der Waals surface area contributed by atoms with Crippen molar-refractivity contribution >= 4 is 5.78 Å².